The predicted octanol–water partition coefficient (Wildman–Crippen LogP) is 0.560. The second-order valence-corrected chi connectivity index (χ2v) is 7.60. The van der Waals surface area contributed by atoms with E-state index in [0.29, 0.717) is 31.6 Å². The average Bonchev–Trinajstić information content (AvgIpc) is 2.51. The number of amides is 1. The summed E-state index contributed by atoms with van der Waals surface area (Å²) in [5.41, 5.74) is 1.30. The monoisotopic (exact) mass is 341 g/mol. The molecular weight excluding hydrogens is 318 g/mol. The number of pyridine rings is 1. The number of nitrogens with zero attached hydrogens (tertiary/aromatic N) is 2. The molecule has 2 rings (SSSR count). The van der Waals surface area contributed by atoms with Crippen molar-refractivity contribution < 1.29 is 17.9 Å². The molecule has 0 radical (unpaired) electrons. The fourth-order valence-electron chi connectivity index (χ4n) is 2.58. The van der Waals surface area contributed by atoms with E-state index in [0.717, 1.165) is 5.69 Å². The fourth-order valence-corrected chi connectivity index (χ4v) is 3.75. The van der Waals surface area contributed by atoms with Crippen LogP contribution >= 0.6 is 0 Å². The Kier molecular flexibility index (Phi) is 6.09. The van der Waals surface area contributed by atoms with Gasteiger partial charge in [0.15, 0.2) is 0 Å². The molecule has 1 amide bonds. The van der Waals surface area contributed by atoms with Crippen LogP contribution in [0.4, 0.5) is 0 Å². The lowest BCUT2D eigenvalue weighted by Gasteiger charge is -2.32. The predicted molar refractivity (Wildman–Crippen MR) is 86.7 cm³/mol. The maximum Gasteiger partial charge on any atom is 0.252 e. The van der Waals surface area contributed by atoms with Crippen molar-refractivity contribution in [2.45, 2.75) is 25.8 Å². The van der Waals surface area contributed by atoms with Crippen LogP contribution < -0.4 is 5.32 Å². The van der Waals surface area contributed by atoms with Crippen molar-refractivity contribution in [3.8, 4) is 0 Å². The van der Waals surface area contributed by atoms with Crippen molar-refractivity contribution in [3.63, 3.8) is 0 Å². The second kappa shape index (κ2) is 7.85. The van der Waals surface area contributed by atoms with E-state index in [9.17, 15) is 13.2 Å². The molecule has 0 aromatic carbocycles. The van der Waals surface area contributed by atoms with Crippen molar-refractivity contribution >= 4 is 15.9 Å². The molecule has 128 valence electrons. The summed E-state index contributed by atoms with van der Waals surface area (Å²) in [5, 5.41) is 2.74. The Labute approximate surface area is 137 Å². The SMILES string of the molecule is Cc1ccc(C(=O)NCCN(C2CCOCC2)S(C)(=O)=O)cn1. The molecular formula is C15H23N3O4S. The molecule has 0 saturated carbocycles. The molecule has 8 heteroatoms. The van der Waals surface area contributed by atoms with Crippen molar-refractivity contribution in [1.29, 1.82) is 0 Å². The van der Waals surface area contributed by atoms with Crippen LogP contribution in [0.3, 0.4) is 0 Å². The van der Waals surface area contributed by atoms with Gasteiger partial charge >= 0.3 is 0 Å². The van der Waals surface area contributed by atoms with Gasteiger partial charge in [-0.05, 0) is 31.9 Å². The van der Waals surface area contributed by atoms with Gasteiger partial charge in [0.2, 0.25) is 10.0 Å². The number of hydrogen-bond donors (Lipinski definition) is 1. The lowest BCUT2D eigenvalue weighted by atomic mass is 10.1. The number of aryl methyl sites for hydroxylation is 1. The first-order valence-electron chi connectivity index (χ1n) is 7.63. The van der Waals surface area contributed by atoms with E-state index in [4.69, 9.17) is 4.74 Å². The van der Waals surface area contributed by atoms with Crippen LogP contribution in [0.1, 0.15) is 28.9 Å². The lowest BCUT2D eigenvalue weighted by molar-refractivity contribution is 0.0585. The van der Waals surface area contributed by atoms with Crippen molar-refractivity contribution in [3.05, 3.63) is 29.6 Å². The first kappa shape index (κ1) is 17.8. The van der Waals surface area contributed by atoms with E-state index in [1.807, 2.05) is 6.92 Å². The number of ether oxygens (including phenoxy) is 1. The van der Waals surface area contributed by atoms with Crippen LogP contribution in [0.25, 0.3) is 0 Å². The molecule has 1 saturated heterocycles. The maximum atomic E-state index is 12.0. The largest absolute Gasteiger partial charge is 0.381 e. The topological polar surface area (TPSA) is 88.6 Å². The number of carbonyl (C=O) groups excluding carboxylic acids is 1. The molecule has 0 aliphatic carbocycles. The standard InChI is InChI=1S/C15H23N3O4S/c1-12-3-4-13(11-17-12)15(19)16-7-8-18(23(2,20)21)14-5-9-22-10-6-14/h3-4,11,14H,5-10H2,1-2H3,(H,16,19). The highest BCUT2D eigenvalue weighted by Crippen LogP contribution is 2.16. The van der Waals surface area contributed by atoms with Crippen LogP contribution in [0.5, 0.6) is 0 Å². The maximum absolute atomic E-state index is 12.0. The van der Waals surface area contributed by atoms with Gasteiger partial charge in [0.1, 0.15) is 0 Å². The Bertz CT molecular complexity index is 625. The summed E-state index contributed by atoms with van der Waals surface area (Å²) in [5.74, 6) is -0.252. The number of rotatable bonds is 6. The van der Waals surface area contributed by atoms with Crippen molar-refractivity contribution in [1.82, 2.24) is 14.6 Å². The molecule has 2 heterocycles. The summed E-state index contributed by atoms with van der Waals surface area (Å²) in [7, 11) is -3.32. The van der Waals surface area contributed by atoms with Crippen LogP contribution in [0, 0.1) is 6.92 Å². The second-order valence-electron chi connectivity index (χ2n) is 5.66. The van der Waals surface area contributed by atoms with E-state index >= 15 is 0 Å². The van der Waals surface area contributed by atoms with Gasteiger partial charge in [-0.15, -0.1) is 0 Å². The average molecular weight is 341 g/mol. The molecule has 1 aliphatic heterocycles. The Balaban J connectivity index is 1.91. The smallest absolute Gasteiger partial charge is 0.252 e. The minimum Gasteiger partial charge on any atom is -0.381 e. The quantitative estimate of drug-likeness (QED) is 0.817. The lowest BCUT2D eigenvalue weighted by Crippen LogP contribution is -2.46. The zero-order chi connectivity index (χ0) is 16.9. The fraction of sp³-hybridized carbons (Fsp3) is 0.600. The number of carbonyl (C=O) groups is 1. The van der Waals surface area contributed by atoms with Gasteiger partial charge in [0.25, 0.3) is 5.91 Å². The van der Waals surface area contributed by atoms with E-state index in [2.05, 4.69) is 10.3 Å². The van der Waals surface area contributed by atoms with Crippen LogP contribution in [-0.2, 0) is 14.8 Å². The molecule has 0 spiro atoms. The van der Waals surface area contributed by atoms with E-state index < -0.39 is 10.0 Å². The first-order chi connectivity index (χ1) is 10.9. The minimum atomic E-state index is -3.32. The van der Waals surface area contributed by atoms with Gasteiger partial charge in [-0.25, -0.2) is 8.42 Å². The van der Waals surface area contributed by atoms with Gasteiger partial charge in [0, 0.05) is 44.2 Å². The number of nitrogens with one attached hydrogen (secondary N) is 1. The first-order valence-corrected chi connectivity index (χ1v) is 9.48. The van der Waals surface area contributed by atoms with Crippen LogP contribution in [0.2, 0.25) is 0 Å². The van der Waals surface area contributed by atoms with Crippen molar-refractivity contribution in [2.75, 3.05) is 32.6 Å². The van der Waals surface area contributed by atoms with Gasteiger partial charge < -0.3 is 10.1 Å². The summed E-state index contributed by atoms with van der Waals surface area (Å²) in [4.78, 5) is 16.1. The number of hydrogen-bond acceptors (Lipinski definition) is 5. The molecule has 1 aliphatic rings. The van der Waals surface area contributed by atoms with Crippen molar-refractivity contribution in [2.24, 2.45) is 0 Å². The Morgan fingerprint density at radius 1 is 1.39 bits per heavy atom. The highest BCUT2D eigenvalue weighted by molar-refractivity contribution is 7.88. The Morgan fingerprint density at radius 2 is 2.09 bits per heavy atom. The Hall–Kier alpha value is -1.51. The zero-order valence-corrected chi connectivity index (χ0v) is 14.3. The number of aromatic nitrogens is 1. The molecule has 0 unspecified atom stereocenters. The summed E-state index contributed by atoms with van der Waals surface area (Å²) in [6, 6.07) is 3.40. The molecule has 1 aromatic heterocycles. The third-order valence-electron chi connectivity index (χ3n) is 3.82. The third kappa shape index (κ3) is 5.26. The molecule has 0 atom stereocenters. The molecule has 1 fully saturated rings. The minimum absolute atomic E-state index is 0.0586. The zero-order valence-electron chi connectivity index (χ0n) is 13.5. The summed E-state index contributed by atoms with van der Waals surface area (Å²) < 4.78 is 30.7. The van der Waals surface area contributed by atoms with Gasteiger partial charge in [-0.1, -0.05) is 0 Å². The highest BCUT2D eigenvalue weighted by Gasteiger charge is 2.28. The van der Waals surface area contributed by atoms with Gasteiger partial charge in [-0.2, -0.15) is 4.31 Å². The van der Waals surface area contributed by atoms with Gasteiger partial charge in [-0.3, -0.25) is 9.78 Å². The summed E-state index contributed by atoms with van der Waals surface area (Å²) in [6.07, 6.45) is 4.08. The number of sulfonamides is 1. The van der Waals surface area contributed by atoms with Gasteiger partial charge in [0.05, 0.1) is 11.8 Å². The summed E-state index contributed by atoms with van der Waals surface area (Å²) in [6.45, 7) is 3.50. The Morgan fingerprint density at radius 3 is 2.65 bits per heavy atom. The van der Waals surface area contributed by atoms with E-state index in [1.165, 1.54) is 16.8 Å². The molecule has 1 N–H and O–H groups in total. The van der Waals surface area contributed by atoms with Crippen LogP contribution in [-0.4, -0.2) is 62.2 Å². The van der Waals surface area contributed by atoms with E-state index in [1.54, 1.807) is 12.1 Å². The third-order valence-corrected chi connectivity index (χ3v) is 5.15. The molecule has 0 bridgehead atoms. The highest BCUT2D eigenvalue weighted by atomic mass is 32.2. The molecule has 1 aromatic rings. The molecule has 7 nitrogen and oxygen atoms in total. The molecule has 23 heavy (non-hydrogen) atoms. The van der Waals surface area contributed by atoms with E-state index in [-0.39, 0.29) is 25.0 Å². The van der Waals surface area contributed by atoms with Crippen LogP contribution in [0.15, 0.2) is 18.3 Å². The normalized spacial score (nSPS) is 16.5. The summed E-state index contributed by atoms with van der Waals surface area (Å²) >= 11 is 0.